The standard InChI is InChI=1S/C11H23N3O2/c1-3-5-13-10(15)4-6-14-11(16)7-9(2)8-12/h9H,3-8,12H2,1-2H3,(H,13,15)(H,14,16). The lowest BCUT2D eigenvalue weighted by Gasteiger charge is -2.09. The van der Waals surface area contributed by atoms with Crippen LogP contribution < -0.4 is 16.4 Å². The third-order valence-corrected chi connectivity index (χ3v) is 2.18. The molecule has 94 valence electrons. The van der Waals surface area contributed by atoms with Gasteiger partial charge in [0.15, 0.2) is 0 Å². The van der Waals surface area contributed by atoms with Crippen LogP contribution in [0.5, 0.6) is 0 Å². The predicted molar refractivity (Wildman–Crippen MR) is 63.8 cm³/mol. The topological polar surface area (TPSA) is 84.2 Å². The lowest BCUT2D eigenvalue weighted by atomic mass is 10.1. The summed E-state index contributed by atoms with van der Waals surface area (Å²) in [5.74, 6) is 0.129. The van der Waals surface area contributed by atoms with E-state index in [1.165, 1.54) is 0 Å². The lowest BCUT2D eigenvalue weighted by Crippen LogP contribution is -2.32. The van der Waals surface area contributed by atoms with Crippen molar-refractivity contribution in [2.24, 2.45) is 11.7 Å². The molecule has 0 rings (SSSR count). The fourth-order valence-electron chi connectivity index (χ4n) is 1.14. The molecule has 0 aliphatic heterocycles. The first-order valence-electron chi connectivity index (χ1n) is 5.83. The molecule has 0 aliphatic rings. The molecule has 0 saturated carbocycles. The quantitative estimate of drug-likeness (QED) is 0.548. The third-order valence-electron chi connectivity index (χ3n) is 2.18. The van der Waals surface area contributed by atoms with Crippen molar-refractivity contribution in [3.63, 3.8) is 0 Å². The van der Waals surface area contributed by atoms with Crippen molar-refractivity contribution in [1.82, 2.24) is 10.6 Å². The first-order chi connectivity index (χ1) is 7.60. The number of hydrogen-bond acceptors (Lipinski definition) is 3. The van der Waals surface area contributed by atoms with Gasteiger partial charge in [-0.25, -0.2) is 0 Å². The molecule has 0 heterocycles. The number of rotatable bonds is 8. The summed E-state index contributed by atoms with van der Waals surface area (Å²) in [5, 5.41) is 5.45. The van der Waals surface area contributed by atoms with Crippen molar-refractivity contribution < 1.29 is 9.59 Å². The summed E-state index contributed by atoms with van der Waals surface area (Å²) in [6, 6.07) is 0. The summed E-state index contributed by atoms with van der Waals surface area (Å²) in [5.41, 5.74) is 5.41. The highest BCUT2D eigenvalue weighted by Crippen LogP contribution is 1.97. The first-order valence-corrected chi connectivity index (χ1v) is 5.83. The van der Waals surface area contributed by atoms with Gasteiger partial charge in [0.2, 0.25) is 11.8 Å². The van der Waals surface area contributed by atoms with Gasteiger partial charge in [0.25, 0.3) is 0 Å². The summed E-state index contributed by atoms with van der Waals surface area (Å²) >= 11 is 0. The minimum absolute atomic E-state index is 0.0194. The van der Waals surface area contributed by atoms with Crippen molar-refractivity contribution in [1.29, 1.82) is 0 Å². The Labute approximate surface area is 97.2 Å². The van der Waals surface area contributed by atoms with Crippen LogP contribution in [0.3, 0.4) is 0 Å². The van der Waals surface area contributed by atoms with Gasteiger partial charge in [0, 0.05) is 25.9 Å². The SMILES string of the molecule is CCCNC(=O)CCNC(=O)CC(C)CN. The largest absolute Gasteiger partial charge is 0.356 e. The van der Waals surface area contributed by atoms with E-state index < -0.39 is 0 Å². The monoisotopic (exact) mass is 229 g/mol. The van der Waals surface area contributed by atoms with E-state index in [0.717, 1.165) is 6.42 Å². The van der Waals surface area contributed by atoms with Crippen LogP contribution in [-0.2, 0) is 9.59 Å². The van der Waals surface area contributed by atoms with Gasteiger partial charge in [-0.3, -0.25) is 9.59 Å². The molecule has 0 fully saturated rings. The number of amides is 2. The first kappa shape index (κ1) is 14.9. The van der Waals surface area contributed by atoms with Crippen LogP contribution in [-0.4, -0.2) is 31.4 Å². The zero-order valence-corrected chi connectivity index (χ0v) is 10.2. The molecule has 5 nitrogen and oxygen atoms in total. The van der Waals surface area contributed by atoms with Crippen LogP contribution in [0.25, 0.3) is 0 Å². The van der Waals surface area contributed by atoms with Crippen molar-refractivity contribution in [3.05, 3.63) is 0 Å². The Bertz CT molecular complexity index is 219. The second-order valence-corrected chi connectivity index (χ2v) is 3.99. The van der Waals surface area contributed by atoms with Gasteiger partial charge < -0.3 is 16.4 Å². The summed E-state index contributed by atoms with van der Waals surface area (Å²) in [6.45, 7) is 5.51. The van der Waals surface area contributed by atoms with E-state index in [9.17, 15) is 9.59 Å². The van der Waals surface area contributed by atoms with Crippen LogP contribution in [0.1, 0.15) is 33.1 Å². The second kappa shape index (κ2) is 9.15. The van der Waals surface area contributed by atoms with Gasteiger partial charge >= 0.3 is 0 Å². The molecule has 0 bridgehead atoms. The Balaban J connectivity index is 3.50. The maximum atomic E-state index is 11.3. The summed E-state index contributed by atoms with van der Waals surface area (Å²) in [4.78, 5) is 22.5. The summed E-state index contributed by atoms with van der Waals surface area (Å²) in [6.07, 6.45) is 1.68. The average molecular weight is 229 g/mol. The molecule has 0 aromatic carbocycles. The molecule has 5 heteroatoms. The highest BCUT2D eigenvalue weighted by atomic mass is 16.2. The van der Waals surface area contributed by atoms with Crippen molar-refractivity contribution >= 4 is 11.8 Å². The third kappa shape index (κ3) is 8.23. The van der Waals surface area contributed by atoms with Gasteiger partial charge in [0.05, 0.1) is 0 Å². The summed E-state index contributed by atoms with van der Waals surface area (Å²) < 4.78 is 0. The Morgan fingerprint density at radius 2 is 1.81 bits per heavy atom. The molecule has 0 spiro atoms. The minimum atomic E-state index is -0.0405. The van der Waals surface area contributed by atoms with Crippen LogP contribution in [0.15, 0.2) is 0 Å². The van der Waals surface area contributed by atoms with Crippen LogP contribution >= 0.6 is 0 Å². The molecule has 2 amide bonds. The van der Waals surface area contributed by atoms with Gasteiger partial charge in [-0.1, -0.05) is 13.8 Å². The maximum Gasteiger partial charge on any atom is 0.221 e. The molecule has 1 atom stereocenters. The van der Waals surface area contributed by atoms with Crippen LogP contribution in [0, 0.1) is 5.92 Å². The Kier molecular flexibility index (Phi) is 8.52. The number of nitrogens with one attached hydrogen (secondary N) is 2. The Morgan fingerprint density at radius 1 is 1.19 bits per heavy atom. The summed E-state index contributed by atoms with van der Waals surface area (Å²) in [7, 11) is 0. The molecule has 0 aromatic heterocycles. The van der Waals surface area contributed by atoms with E-state index in [0.29, 0.717) is 32.5 Å². The molecule has 0 radical (unpaired) electrons. The molecule has 4 N–H and O–H groups in total. The van der Waals surface area contributed by atoms with E-state index in [-0.39, 0.29) is 17.7 Å². The van der Waals surface area contributed by atoms with Crippen LogP contribution in [0.2, 0.25) is 0 Å². The van der Waals surface area contributed by atoms with Crippen molar-refractivity contribution in [2.75, 3.05) is 19.6 Å². The fraction of sp³-hybridized carbons (Fsp3) is 0.818. The number of carbonyl (C=O) groups excluding carboxylic acids is 2. The predicted octanol–water partition coefficient (Wildman–Crippen LogP) is 0.00380. The van der Waals surface area contributed by atoms with E-state index in [1.54, 1.807) is 0 Å². The van der Waals surface area contributed by atoms with E-state index in [2.05, 4.69) is 10.6 Å². The highest BCUT2D eigenvalue weighted by molar-refractivity contribution is 5.79. The Hall–Kier alpha value is -1.10. The average Bonchev–Trinajstić information content (AvgIpc) is 2.26. The highest BCUT2D eigenvalue weighted by Gasteiger charge is 2.07. The van der Waals surface area contributed by atoms with E-state index >= 15 is 0 Å². The molecule has 0 aliphatic carbocycles. The molecular formula is C11H23N3O2. The fourth-order valence-corrected chi connectivity index (χ4v) is 1.14. The smallest absolute Gasteiger partial charge is 0.221 e. The second-order valence-electron chi connectivity index (χ2n) is 3.99. The molecule has 0 aromatic rings. The zero-order chi connectivity index (χ0) is 12.4. The molecule has 1 unspecified atom stereocenters. The number of hydrogen-bond donors (Lipinski definition) is 3. The normalized spacial score (nSPS) is 11.9. The van der Waals surface area contributed by atoms with Crippen molar-refractivity contribution in [3.8, 4) is 0 Å². The van der Waals surface area contributed by atoms with Gasteiger partial charge in [-0.15, -0.1) is 0 Å². The van der Waals surface area contributed by atoms with Crippen LogP contribution in [0.4, 0.5) is 0 Å². The zero-order valence-electron chi connectivity index (χ0n) is 10.2. The molecule has 16 heavy (non-hydrogen) atoms. The van der Waals surface area contributed by atoms with Gasteiger partial charge in [-0.05, 0) is 18.9 Å². The molecular weight excluding hydrogens is 206 g/mol. The van der Waals surface area contributed by atoms with Gasteiger partial charge in [-0.2, -0.15) is 0 Å². The van der Waals surface area contributed by atoms with E-state index in [1.807, 2.05) is 13.8 Å². The van der Waals surface area contributed by atoms with Gasteiger partial charge in [0.1, 0.15) is 0 Å². The number of nitrogens with two attached hydrogens (primary N) is 1. The maximum absolute atomic E-state index is 11.3. The lowest BCUT2D eigenvalue weighted by molar-refractivity contribution is -0.122. The minimum Gasteiger partial charge on any atom is -0.356 e. The number of carbonyl (C=O) groups is 2. The molecule has 0 saturated heterocycles. The van der Waals surface area contributed by atoms with E-state index in [4.69, 9.17) is 5.73 Å². The van der Waals surface area contributed by atoms with Crippen molar-refractivity contribution in [2.45, 2.75) is 33.1 Å². The Morgan fingerprint density at radius 3 is 2.38 bits per heavy atom.